The molecule has 1 aliphatic rings. The minimum atomic E-state index is -0.195. The van der Waals surface area contributed by atoms with Crippen LogP contribution in [-0.4, -0.2) is 49.7 Å². The lowest BCUT2D eigenvalue weighted by atomic mass is 10.2. The van der Waals surface area contributed by atoms with Crippen molar-refractivity contribution < 1.29 is 4.79 Å². The number of aryl methyl sites for hydroxylation is 1. The largest absolute Gasteiger partial charge is 0.346 e. The van der Waals surface area contributed by atoms with Crippen molar-refractivity contribution in [2.45, 2.75) is 39.3 Å². The van der Waals surface area contributed by atoms with E-state index in [0.29, 0.717) is 6.54 Å². The van der Waals surface area contributed by atoms with Crippen LogP contribution in [0.1, 0.15) is 31.2 Å². The second kappa shape index (κ2) is 9.07. The van der Waals surface area contributed by atoms with Gasteiger partial charge in [-0.15, -0.1) is 0 Å². The third-order valence-electron chi connectivity index (χ3n) is 4.59. The molecule has 0 spiro atoms. The molecular formula is C19H26N4O2S. The fourth-order valence-corrected chi connectivity index (χ4v) is 3.98. The Balaban J connectivity index is 1.81. The summed E-state index contributed by atoms with van der Waals surface area (Å²) in [5, 5.41) is 4.49. The second-order valence-corrected chi connectivity index (χ2v) is 7.75. The summed E-state index contributed by atoms with van der Waals surface area (Å²) < 4.78 is 3.06. The van der Waals surface area contributed by atoms with Crippen LogP contribution in [0.2, 0.25) is 0 Å². The van der Waals surface area contributed by atoms with Crippen molar-refractivity contribution in [2.75, 3.05) is 24.6 Å². The number of hydrogen-bond donors (Lipinski definition) is 0. The molecule has 0 atom stereocenters. The van der Waals surface area contributed by atoms with E-state index in [1.54, 1.807) is 4.57 Å². The van der Waals surface area contributed by atoms with Crippen molar-refractivity contribution in [1.82, 2.24) is 19.2 Å². The Morgan fingerprint density at radius 3 is 2.62 bits per heavy atom. The maximum atomic E-state index is 12.9. The van der Waals surface area contributed by atoms with Crippen LogP contribution < -0.4 is 5.69 Å². The van der Waals surface area contributed by atoms with Gasteiger partial charge in [0, 0.05) is 31.0 Å². The minimum Gasteiger partial charge on any atom is -0.339 e. The van der Waals surface area contributed by atoms with Crippen molar-refractivity contribution in [1.29, 1.82) is 0 Å². The van der Waals surface area contributed by atoms with Gasteiger partial charge < -0.3 is 4.90 Å². The van der Waals surface area contributed by atoms with Crippen LogP contribution in [0.25, 0.3) is 0 Å². The Bertz CT molecular complexity index is 779. The number of aromatic nitrogens is 3. The number of amides is 1. The maximum absolute atomic E-state index is 12.9. The third-order valence-corrected chi connectivity index (χ3v) is 5.53. The van der Waals surface area contributed by atoms with Crippen LogP contribution in [-0.2, 0) is 24.3 Å². The predicted molar refractivity (Wildman–Crippen MR) is 105 cm³/mol. The van der Waals surface area contributed by atoms with Crippen LogP contribution in [0.3, 0.4) is 0 Å². The van der Waals surface area contributed by atoms with Gasteiger partial charge in [0.2, 0.25) is 5.91 Å². The van der Waals surface area contributed by atoms with E-state index in [9.17, 15) is 9.59 Å². The number of unbranched alkanes of at least 4 members (excludes halogenated alkanes) is 1. The van der Waals surface area contributed by atoms with E-state index in [0.717, 1.165) is 55.2 Å². The topological polar surface area (TPSA) is 60.1 Å². The number of hydrogen-bond acceptors (Lipinski definition) is 4. The zero-order chi connectivity index (χ0) is 18.4. The molecule has 0 N–H and O–H groups in total. The third kappa shape index (κ3) is 4.58. The highest BCUT2D eigenvalue weighted by Gasteiger charge is 2.20. The number of rotatable bonds is 7. The van der Waals surface area contributed by atoms with Gasteiger partial charge in [0.25, 0.3) is 0 Å². The Morgan fingerprint density at radius 1 is 1.19 bits per heavy atom. The second-order valence-electron chi connectivity index (χ2n) is 6.52. The first-order valence-electron chi connectivity index (χ1n) is 9.25. The first-order valence-corrected chi connectivity index (χ1v) is 10.4. The van der Waals surface area contributed by atoms with Crippen LogP contribution in [0.15, 0.2) is 35.1 Å². The van der Waals surface area contributed by atoms with Crippen LogP contribution >= 0.6 is 11.8 Å². The molecule has 7 heteroatoms. The average molecular weight is 375 g/mol. The standard InChI is InChI=1S/C19H26N4O2S/c1-2-3-9-17-20-23(15-18(24)21-10-12-26-13-11-21)19(25)22(17)14-16-7-5-4-6-8-16/h4-8H,2-3,9-15H2,1H3. The van der Waals surface area contributed by atoms with Crippen LogP contribution in [0.5, 0.6) is 0 Å². The summed E-state index contributed by atoms with van der Waals surface area (Å²) in [7, 11) is 0. The normalized spacial score (nSPS) is 14.6. The van der Waals surface area contributed by atoms with Crippen LogP contribution in [0, 0.1) is 0 Å². The summed E-state index contributed by atoms with van der Waals surface area (Å²) in [6.45, 7) is 4.16. The van der Waals surface area contributed by atoms with Gasteiger partial charge in [0.15, 0.2) is 0 Å². The van der Waals surface area contributed by atoms with Gasteiger partial charge in [-0.05, 0) is 12.0 Å². The fraction of sp³-hybridized carbons (Fsp3) is 0.526. The summed E-state index contributed by atoms with van der Waals surface area (Å²) in [6.07, 6.45) is 2.76. The van der Waals surface area contributed by atoms with Crippen molar-refractivity contribution in [3.05, 3.63) is 52.2 Å². The highest BCUT2D eigenvalue weighted by Crippen LogP contribution is 2.10. The molecule has 1 saturated heterocycles. The molecule has 1 aromatic carbocycles. The lowest BCUT2D eigenvalue weighted by Gasteiger charge is -2.26. The molecule has 3 rings (SSSR count). The lowest BCUT2D eigenvalue weighted by Crippen LogP contribution is -2.41. The molecule has 26 heavy (non-hydrogen) atoms. The van der Waals surface area contributed by atoms with E-state index in [-0.39, 0.29) is 18.1 Å². The molecule has 0 aliphatic carbocycles. The first kappa shape index (κ1) is 18.8. The summed E-state index contributed by atoms with van der Waals surface area (Å²) >= 11 is 1.86. The van der Waals surface area contributed by atoms with Gasteiger partial charge in [-0.2, -0.15) is 16.9 Å². The molecule has 2 aromatic rings. The zero-order valence-electron chi connectivity index (χ0n) is 15.3. The quantitative estimate of drug-likeness (QED) is 0.744. The number of nitrogens with zero attached hydrogens (tertiary/aromatic N) is 4. The molecule has 1 aromatic heterocycles. The molecule has 0 unspecified atom stereocenters. The Morgan fingerprint density at radius 2 is 1.92 bits per heavy atom. The van der Waals surface area contributed by atoms with Crippen molar-refractivity contribution in [3.63, 3.8) is 0 Å². The van der Waals surface area contributed by atoms with E-state index in [4.69, 9.17) is 0 Å². The van der Waals surface area contributed by atoms with E-state index >= 15 is 0 Å². The van der Waals surface area contributed by atoms with Gasteiger partial charge in [-0.3, -0.25) is 9.36 Å². The number of carbonyl (C=O) groups is 1. The van der Waals surface area contributed by atoms with Gasteiger partial charge in [0.1, 0.15) is 12.4 Å². The minimum absolute atomic E-state index is 0.0150. The van der Waals surface area contributed by atoms with Gasteiger partial charge in [-0.25, -0.2) is 9.48 Å². The van der Waals surface area contributed by atoms with Gasteiger partial charge in [0.05, 0.1) is 6.54 Å². The van der Waals surface area contributed by atoms with Crippen molar-refractivity contribution in [3.8, 4) is 0 Å². The maximum Gasteiger partial charge on any atom is 0.346 e. The van der Waals surface area contributed by atoms with E-state index in [1.165, 1.54) is 4.68 Å². The Hall–Kier alpha value is -2.02. The SMILES string of the molecule is CCCCc1nn(CC(=O)N2CCSCC2)c(=O)n1Cc1ccccc1. The van der Waals surface area contributed by atoms with Crippen LogP contribution in [0.4, 0.5) is 0 Å². The fourth-order valence-electron chi connectivity index (χ4n) is 3.07. The smallest absolute Gasteiger partial charge is 0.339 e. The van der Waals surface area contributed by atoms with Gasteiger partial charge in [-0.1, -0.05) is 43.7 Å². The molecule has 0 radical (unpaired) electrons. The molecule has 0 saturated carbocycles. The Labute approximate surface area is 158 Å². The molecule has 1 aliphatic heterocycles. The first-order chi connectivity index (χ1) is 12.7. The number of thioether (sulfide) groups is 1. The molecule has 1 amide bonds. The lowest BCUT2D eigenvalue weighted by molar-refractivity contribution is -0.131. The van der Waals surface area contributed by atoms with E-state index in [2.05, 4.69) is 12.0 Å². The highest BCUT2D eigenvalue weighted by atomic mass is 32.2. The molecule has 6 nitrogen and oxygen atoms in total. The molecular weight excluding hydrogens is 348 g/mol. The van der Waals surface area contributed by atoms with Crippen molar-refractivity contribution in [2.24, 2.45) is 0 Å². The predicted octanol–water partition coefficient (Wildman–Crippen LogP) is 2.01. The molecule has 1 fully saturated rings. The summed E-state index contributed by atoms with van der Waals surface area (Å²) in [5.74, 6) is 2.68. The molecule has 140 valence electrons. The summed E-state index contributed by atoms with van der Waals surface area (Å²) in [6, 6.07) is 9.90. The van der Waals surface area contributed by atoms with Crippen molar-refractivity contribution >= 4 is 17.7 Å². The van der Waals surface area contributed by atoms with E-state index < -0.39 is 0 Å². The molecule has 0 bridgehead atoms. The van der Waals surface area contributed by atoms with Gasteiger partial charge >= 0.3 is 5.69 Å². The number of benzene rings is 1. The highest BCUT2D eigenvalue weighted by molar-refractivity contribution is 7.99. The summed E-state index contributed by atoms with van der Waals surface area (Å²) in [4.78, 5) is 27.2. The number of carbonyl (C=O) groups excluding carboxylic acids is 1. The molecule has 2 heterocycles. The van der Waals surface area contributed by atoms with E-state index in [1.807, 2.05) is 47.0 Å². The average Bonchev–Trinajstić information content (AvgIpc) is 2.96. The summed E-state index contributed by atoms with van der Waals surface area (Å²) in [5.41, 5.74) is 0.867. The zero-order valence-corrected chi connectivity index (χ0v) is 16.1. The monoisotopic (exact) mass is 374 g/mol. The Kier molecular flexibility index (Phi) is 6.55.